The van der Waals surface area contributed by atoms with Crippen molar-refractivity contribution < 1.29 is 9.13 Å². The summed E-state index contributed by atoms with van der Waals surface area (Å²) >= 11 is 0. The smallest absolute Gasteiger partial charge is 0.191 e. The monoisotopic (exact) mass is 384 g/mol. The third-order valence-electron chi connectivity index (χ3n) is 4.93. The van der Waals surface area contributed by atoms with E-state index in [0.29, 0.717) is 25.1 Å². The van der Waals surface area contributed by atoms with E-state index in [9.17, 15) is 4.39 Å². The Hall–Kier alpha value is -2.44. The van der Waals surface area contributed by atoms with Gasteiger partial charge in [-0.25, -0.2) is 4.39 Å². The van der Waals surface area contributed by atoms with Crippen LogP contribution < -0.4 is 10.6 Å². The van der Waals surface area contributed by atoms with Crippen molar-refractivity contribution in [3.63, 3.8) is 0 Å². The van der Waals surface area contributed by atoms with Crippen LogP contribution in [0.5, 0.6) is 0 Å². The van der Waals surface area contributed by atoms with E-state index in [0.717, 1.165) is 38.8 Å². The minimum atomic E-state index is -0.163. The summed E-state index contributed by atoms with van der Waals surface area (Å²) in [5.41, 5.74) is 3.28. The number of guanidine groups is 1. The van der Waals surface area contributed by atoms with Gasteiger partial charge in [-0.3, -0.25) is 9.89 Å². The summed E-state index contributed by atoms with van der Waals surface area (Å²) in [7, 11) is 1.75. The maximum Gasteiger partial charge on any atom is 0.191 e. The molecule has 0 radical (unpaired) electrons. The molecule has 28 heavy (non-hydrogen) atoms. The molecule has 0 atom stereocenters. The van der Waals surface area contributed by atoms with E-state index in [1.54, 1.807) is 13.1 Å². The predicted octanol–water partition coefficient (Wildman–Crippen LogP) is 2.57. The second-order valence-electron chi connectivity index (χ2n) is 6.85. The maximum absolute atomic E-state index is 13.7. The molecule has 5 nitrogen and oxygen atoms in total. The van der Waals surface area contributed by atoms with Gasteiger partial charge in [-0.2, -0.15) is 0 Å². The SMILES string of the molecule is CN=C(NCCc1ccccc1F)NCc1ccccc1CN1CCOCC1. The number of halogens is 1. The van der Waals surface area contributed by atoms with Gasteiger partial charge in [0.1, 0.15) is 5.82 Å². The molecule has 3 rings (SSSR count). The Bertz CT molecular complexity index is 775. The van der Waals surface area contributed by atoms with Gasteiger partial charge in [-0.05, 0) is 29.2 Å². The topological polar surface area (TPSA) is 48.9 Å². The first-order chi connectivity index (χ1) is 13.8. The number of hydrogen-bond acceptors (Lipinski definition) is 3. The van der Waals surface area contributed by atoms with E-state index in [1.165, 1.54) is 17.2 Å². The number of hydrogen-bond donors (Lipinski definition) is 2. The fraction of sp³-hybridized carbons (Fsp3) is 0.409. The van der Waals surface area contributed by atoms with Gasteiger partial charge >= 0.3 is 0 Å². The highest BCUT2D eigenvalue weighted by atomic mass is 19.1. The van der Waals surface area contributed by atoms with Gasteiger partial charge in [0.25, 0.3) is 0 Å². The molecule has 6 heteroatoms. The molecular formula is C22H29FN4O. The Balaban J connectivity index is 1.50. The van der Waals surface area contributed by atoms with Crippen molar-refractivity contribution >= 4 is 5.96 Å². The molecule has 0 spiro atoms. The summed E-state index contributed by atoms with van der Waals surface area (Å²) in [5, 5.41) is 6.63. The van der Waals surface area contributed by atoms with Crippen molar-refractivity contribution in [2.24, 2.45) is 4.99 Å². The van der Waals surface area contributed by atoms with Gasteiger partial charge in [0.15, 0.2) is 5.96 Å². The number of nitrogens with zero attached hydrogens (tertiary/aromatic N) is 2. The second kappa shape index (κ2) is 10.8. The number of nitrogens with one attached hydrogen (secondary N) is 2. The molecule has 0 bridgehead atoms. The molecule has 0 aliphatic carbocycles. The van der Waals surface area contributed by atoms with Crippen molar-refractivity contribution in [3.05, 3.63) is 71.0 Å². The Morgan fingerprint density at radius 2 is 1.68 bits per heavy atom. The summed E-state index contributed by atoms with van der Waals surface area (Å²) in [4.78, 5) is 6.70. The number of aliphatic imine (C=N–C) groups is 1. The first kappa shape index (κ1) is 20.3. The third-order valence-corrected chi connectivity index (χ3v) is 4.93. The lowest BCUT2D eigenvalue weighted by Crippen LogP contribution is -2.38. The lowest BCUT2D eigenvalue weighted by atomic mass is 10.1. The van der Waals surface area contributed by atoms with Crippen LogP contribution in [0, 0.1) is 5.82 Å². The Morgan fingerprint density at radius 1 is 1.00 bits per heavy atom. The van der Waals surface area contributed by atoms with Crippen LogP contribution in [-0.4, -0.2) is 50.8 Å². The zero-order valence-electron chi connectivity index (χ0n) is 16.5. The quantitative estimate of drug-likeness (QED) is 0.569. The Labute approximate surface area is 166 Å². The summed E-state index contributed by atoms with van der Waals surface area (Å²) < 4.78 is 19.2. The van der Waals surface area contributed by atoms with E-state index < -0.39 is 0 Å². The van der Waals surface area contributed by atoms with Crippen molar-refractivity contribution in [1.82, 2.24) is 15.5 Å². The molecule has 1 fully saturated rings. The minimum Gasteiger partial charge on any atom is -0.379 e. The van der Waals surface area contributed by atoms with Crippen LogP contribution in [0.4, 0.5) is 4.39 Å². The first-order valence-corrected chi connectivity index (χ1v) is 9.81. The molecule has 0 saturated carbocycles. The molecule has 0 amide bonds. The van der Waals surface area contributed by atoms with E-state index in [2.05, 4.69) is 44.8 Å². The fourth-order valence-corrected chi connectivity index (χ4v) is 3.30. The lowest BCUT2D eigenvalue weighted by Gasteiger charge is -2.27. The van der Waals surface area contributed by atoms with E-state index in [4.69, 9.17) is 4.74 Å². The van der Waals surface area contributed by atoms with Gasteiger partial charge in [-0.15, -0.1) is 0 Å². The predicted molar refractivity (Wildman–Crippen MR) is 111 cm³/mol. The van der Waals surface area contributed by atoms with Crippen LogP contribution in [0.2, 0.25) is 0 Å². The van der Waals surface area contributed by atoms with Crippen LogP contribution in [0.15, 0.2) is 53.5 Å². The minimum absolute atomic E-state index is 0.163. The Morgan fingerprint density at radius 3 is 2.39 bits per heavy atom. The molecule has 0 aromatic heterocycles. The summed E-state index contributed by atoms with van der Waals surface area (Å²) in [6.07, 6.45) is 0.612. The maximum atomic E-state index is 13.7. The van der Waals surface area contributed by atoms with Crippen molar-refractivity contribution in [1.29, 1.82) is 0 Å². The zero-order chi connectivity index (χ0) is 19.6. The third kappa shape index (κ3) is 6.04. The average Bonchev–Trinajstić information content (AvgIpc) is 2.73. The Kier molecular flexibility index (Phi) is 7.82. The van der Waals surface area contributed by atoms with Crippen LogP contribution in [0.1, 0.15) is 16.7 Å². The van der Waals surface area contributed by atoms with Gasteiger partial charge in [0.05, 0.1) is 13.2 Å². The summed E-state index contributed by atoms with van der Waals surface area (Å²) in [5.74, 6) is 0.557. The van der Waals surface area contributed by atoms with E-state index in [1.807, 2.05) is 12.1 Å². The standard InChI is InChI=1S/C22H29FN4O/c1-24-22(25-11-10-18-6-4-5-9-21(18)23)26-16-19-7-2-3-8-20(19)17-27-12-14-28-15-13-27/h2-9H,10-17H2,1H3,(H2,24,25,26). The number of benzene rings is 2. The summed E-state index contributed by atoms with van der Waals surface area (Å²) in [6, 6.07) is 15.4. The second-order valence-corrected chi connectivity index (χ2v) is 6.85. The van der Waals surface area contributed by atoms with E-state index >= 15 is 0 Å². The van der Waals surface area contributed by atoms with Gasteiger partial charge in [0.2, 0.25) is 0 Å². The van der Waals surface area contributed by atoms with Crippen molar-refractivity contribution in [2.45, 2.75) is 19.5 Å². The number of ether oxygens (including phenoxy) is 1. The highest BCUT2D eigenvalue weighted by Crippen LogP contribution is 2.13. The highest BCUT2D eigenvalue weighted by molar-refractivity contribution is 5.79. The fourth-order valence-electron chi connectivity index (χ4n) is 3.30. The summed E-state index contributed by atoms with van der Waals surface area (Å²) in [6.45, 7) is 5.80. The van der Waals surface area contributed by atoms with Crippen LogP contribution in [0.3, 0.4) is 0 Å². The molecule has 2 N–H and O–H groups in total. The number of rotatable bonds is 7. The van der Waals surface area contributed by atoms with E-state index in [-0.39, 0.29) is 5.82 Å². The molecule has 2 aromatic rings. The van der Waals surface area contributed by atoms with Gasteiger partial charge in [0, 0.05) is 39.8 Å². The largest absolute Gasteiger partial charge is 0.379 e. The molecule has 1 heterocycles. The van der Waals surface area contributed by atoms with Gasteiger partial charge in [-0.1, -0.05) is 42.5 Å². The van der Waals surface area contributed by atoms with Crippen molar-refractivity contribution in [3.8, 4) is 0 Å². The molecule has 1 aliphatic rings. The molecular weight excluding hydrogens is 355 g/mol. The molecule has 1 saturated heterocycles. The van der Waals surface area contributed by atoms with Crippen LogP contribution >= 0.6 is 0 Å². The highest BCUT2D eigenvalue weighted by Gasteiger charge is 2.12. The lowest BCUT2D eigenvalue weighted by molar-refractivity contribution is 0.0341. The number of morpholine rings is 1. The average molecular weight is 384 g/mol. The van der Waals surface area contributed by atoms with Gasteiger partial charge < -0.3 is 15.4 Å². The van der Waals surface area contributed by atoms with Crippen LogP contribution in [0.25, 0.3) is 0 Å². The molecule has 150 valence electrons. The molecule has 1 aliphatic heterocycles. The normalized spacial score (nSPS) is 15.4. The molecule has 0 unspecified atom stereocenters. The zero-order valence-corrected chi connectivity index (χ0v) is 16.5. The molecule has 2 aromatic carbocycles. The first-order valence-electron chi connectivity index (χ1n) is 9.81. The van der Waals surface area contributed by atoms with Crippen molar-refractivity contribution in [2.75, 3.05) is 39.9 Å². The van der Waals surface area contributed by atoms with Crippen LogP contribution in [-0.2, 0) is 24.2 Å².